The smallest absolute Gasteiger partial charge is 0.287 e. The molecule has 0 spiro atoms. The Hall–Kier alpha value is -3.94. The third-order valence-corrected chi connectivity index (χ3v) is 6.23. The number of hydroxylamine groups is 1. The Bertz CT molecular complexity index is 1270. The first kappa shape index (κ1) is 23.2. The van der Waals surface area contributed by atoms with Crippen molar-refractivity contribution in [1.29, 1.82) is 0 Å². The molecule has 4 rings (SSSR count). The van der Waals surface area contributed by atoms with Crippen LogP contribution < -0.4 is 15.5 Å². The normalized spacial score (nSPS) is 10.5. The summed E-state index contributed by atoms with van der Waals surface area (Å²) < 4.78 is 6.24. The molecular weight excluding hydrogens is 448 g/mol. The Balaban J connectivity index is 1.81. The van der Waals surface area contributed by atoms with Gasteiger partial charge in [-0.3, -0.25) is 14.4 Å². The summed E-state index contributed by atoms with van der Waals surface area (Å²) in [6.45, 7) is 2.42. The first-order valence-corrected chi connectivity index (χ1v) is 11.5. The van der Waals surface area contributed by atoms with Crippen LogP contribution in [0.3, 0.4) is 0 Å². The number of nitrogens with one attached hydrogen (secondary N) is 2. The van der Waals surface area contributed by atoms with Crippen molar-refractivity contribution in [3.63, 3.8) is 0 Å². The molecule has 1 heterocycles. The fourth-order valence-electron chi connectivity index (χ4n) is 3.35. The number of anilines is 1. The Kier molecular flexibility index (Phi) is 7.37. The third-order valence-electron chi connectivity index (χ3n) is 5.06. The van der Waals surface area contributed by atoms with Crippen molar-refractivity contribution >= 4 is 28.7 Å². The number of ketones is 1. The molecule has 0 fully saturated rings. The molecule has 0 aliphatic heterocycles. The molecule has 0 saturated heterocycles. The van der Waals surface area contributed by atoms with Crippen molar-refractivity contribution in [2.45, 2.75) is 13.5 Å². The van der Waals surface area contributed by atoms with Crippen molar-refractivity contribution < 1.29 is 19.2 Å². The molecule has 0 atom stereocenters. The number of carbonyl (C=O) groups is 2. The summed E-state index contributed by atoms with van der Waals surface area (Å²) in [6, 6.07) is 26.2. The van der Waals surface area contributed by atoms with E-state index in [9.17, 15) is 9.59 Å². The molecule has 172 valence electrons. The molecule has 34 heavy (non-hydrogen) atoms. The molecular formula is C27H24N2O4S. The molecule has 0 saturated carbocycles. The number of hydrogen-bond donors (Lipinski definition) is 2. The number of thiophene rings is 1. The number of rotatable bonds is 9. The van der Waals surface area contributed by atoms with E-state index in [4.69, 9.17) is 9.57 Å². The van der Waals surface area contributed by atoms with Crippen LogP contribution in [-0.4, -0.2) is 18.8 Å². The highest BCUT2D eigenvalue weighted by molar-refractivity contribution is 7.17. The van der Waals surface area contributed by atoms with Crippen LogP contribution in [0.1, 0.15) is 36.0 Å². The van der Waals surface area contributed by atoms with Crippen molar-refractivity contribution in [3.05, 3.63) is 111 Å². The molecule has 4 aromatic rings. The van der Waals surface area contributed by atoms with Gasteiger partial charge in [0, 0.05) is 12.1 Å². The van der Waals surface area contributed by atoms with Gasteiger partial charge in [0.25, 0.3) is 5.91 Å². The van der Waals surface area contributed by atoms with Crippen LogP contribution >= 0.6 is 11.3 Å². The van der Waals surface area contributed by atoms with Crippen LogP contribution in [0.15, 0.2) is 84.9 Å². The van der Waals surface area contributed by atoms with Crippen molar-refractivity contribution in [3.8, 4) is 11.5 Å². The zero-order valence-corrected chi connectivity index (χ0v) is 19.6. The number of carbonyl (C=O) groups excluding carboxylic acids is 2. The highest BCUT2D eigenvalue weighted by Gasteiger charge is 2.29. The number of hydrogen-bond acceptors (Lipinski definition) is 6. The van der Waals surface area contributed by atoms with Gasteiger partial charge in [-0.05, 0) is 24.6 Å². The van der Waals surface area contributed by atoms with E-state index in [1.165, 1.54) is 7.11 Å². The van der Waals surface area contributed by atoms with E-state index in [1.54, 1.807) is 24.3 Å². The maximum atomic E-state index is 13.5. The molecule has 0 aliphatic rings. The standard InChI is InChI=1S/C27H24N2O4S/c1-18-13-15-21(16-14-18)33-24-22(28-17-19-9-5-3-6-10-19)25(27(31)29-32-2)34-26(24)23(30)20-11-7-4-8-12-20/h3-16,28H,17H2,1-2H3,(H,29,31). The lowest BCUT2D eigenvalue weighted by molar-refractivity contribution is 0.0542. The predicted octanol–water partition coefficient (Wildman–Crippen LogP) is 5.98. The van der Waals surface area contributed by atoms with E-state index < -0.39 is 5.91 Å². The quantitative estimate of drug-likeness (QED) is 0.231. The SMILES string of the molecule is CONC(=O)c1sc(C(=O)c2ccccc2)c(Oc2ccc(C)cc2)c1NCc1ccccc1. The predicted molar refractivity (Wildman–Crippen MR) is 134 cm³/mol. The van der Waals surface area contributed by atoms with Gasteiger partial charge in [0.1, 0.15) is 21.2 Å². The van der Waals surface area contributed by atoms with Gasteiger partial charge in [-0.25, -0.2) is 5.48 Å². The van der Waals surface area contributed by atoms with Crippen molar-refractivity contribution in [1.82, 2.24) is 5.48 Å². The molecule has 7 heteroatoms. The minimum absolute atomic E-state index is 0.230. The average Bonchev–Trinajstić information content (AvgIpc) is 3.23. The Morgan fingerprint density at radius 2 is 1.50 bits per heavy atom. The fourth-order valence-corrected chi connectivity index (χ4v) is 4.41. The Morgan fingerprint density at radius 3 is 2.15 bits per heavy atom. The van der Waals surface area contributed by atoms with Crippen LogP contribution in [0.5, 0.6) is 11.5 Å². The molecule has 6 nitrogen and oxygen atoms in total. The largest absolute Gasteiger partial charge is 0.453 e. The summed E-state index contributed by atoms with van der Waals surface area (Å²) >= 11 is 1.07. The monoisotopic (exact) mass is 472 g/mol. The first-order chi connectivity index (χ1) is 16.6. The summed E-state index contributed by atoms with van der Waals surface area (Å²) in [5.41, 5.74) is 5.40. The molecule has 0 bridgehead atoms. The lowest BCUT2D eigenvalue weighted by Crippen LogP contribution is -2.21. The third kappa shape index (κ3) is 5.33. The van der Waals surface area contributed by atoms with Gasteiger partial charge < -0.3 is 10.1 Å². The van der Waals surface area contributed by atoms with E-state index >= 15 is 0 Å². The number of amides is 1. The van der Waals surface area contributed by atoms with E-state index in [0.29, 0.717) is 39.0 Å². The lowest BCUT2D eigenvalue weighted by atomic mass is 10.1. The van der Waals surface area contributed by atoms with Gasteiger partial charge in [0.15, 0.2) is 5.75 Å². The lowest BCUT2D eigenvalue weighted by Gasteiger charge is -2.13. The number of aryl methyl sites for hydroxylation is 1. The van der Waals surface area contributed by atoms with E-state index in [1.807, 2.05) is 67.6 Å². The summed E-state index contributed by atoms with van der Waals surface area (Å²) in [5.74, 6) is 0.169. The van der Waals surface area contributed by atoms with Gasteiger partial charge in [-0.1, -0.05) is 78.4 Å². The molecule has 1 aromatic heterocycles. The van der Waals surface area contributed by atoms with Crippen LogP contribution in [0.4, 0.5) is 5.69 Å². The topological polar surface area (TPSA) is 76.7 Å². The Morgan fingerprint density at radius 1 is 0.853 bits per heavy atom. The first-order valence-electron chi connectivity index (χ1n) is 10.7. The zero-order valence-electron chi connectivity index (χ0n) is 18.8. The molecule has 0 aliphatic carbocycles. The Labute approximate surface area is 202 Å². The van der Waals surface area contributed by atoms with E-state index in [0.717, 1.165) is 22.5 Å². The highest BCUT2D eigenvalue weighted by atomic mass is 32.1. The molecule has 2 N–H and O–H groups in total. The van der Waals surface area contributed by atoms with E-state index in [-0.39, 0.29) is 5.78 Å². The molecule has 3 aromatic carbocycles. The van der Waals surface area contributed by atoms with Crippen LogP contribution in [0.2, 0.25) is 0 Å². The molecule has 0 unspecified atom stereocenters. The summed E-state index contributed by atoms with van der Waals surface area (Å²) in [5, 5.41) is 3.31. The van der Waals surface area contributed by atoms with Crippen LogP contribution in [0.25, 0.3) is 0 Å². The minimum Gasteiger partial charge on any atom is -0.453 e. The van der Waals surface area contributed by atoms with Gasteiger partial charge in [-0.15, -0.1) is 11.3 Å². The maximum absolute atomic E-state index is 13.5. The van der Waals surface area contributed by atoms with Crippen molar-refractivity contribution in [2.75, 3.05) is 12.4 Å². The minimum atomic E-state index is -0.469. The second kappa shape index (κ2) is 10.8. The fraction of sp³-hybridized carbons (Fsp3) is 0.111. The van der Waals surface area contributed by atoms with Gasteiger partial charge >= 0.3 is 0 Å². The summed E-state index contributed by atoms with van der Waals surface area (Å²) in [4.78, 5) is 31.8. The second-order valence-corrected chi connectivity index (χ2v) is 8.57. The van der Waals surface area contributed by atoms with E-state index in [2.05, 4.69) is 10.8 Å². The van der Waals surface area contributed by atoms with Gasteiger partial charge in [0.2, 0.25) is 5.78 Å². The molecule has 0 radical (unpaired) electrons. The average molecular weight is 473 g/mol. The maximum Gasteiger partial charge on any atom is 0.287 e. The molecule has 1 amide bonds. The van der Waals surface area contributed by atoms with Crippen LogP contribution in [-0.2, 0) is 11.4 Å². The van der Waals surface area contributed by atoms with Crippen LogP contribution in [0, 0.1) is 6.92 Å². The zero-order chi connectivity index (χ0) is 23.9. The van der Waals surface area contributed by atoms with Gasteiger partial charge in [-0.2, -0.15) is 0 Å². The highest BCUT2D eigenvalue weighted by Crippen LogP contribution is 2.44. The number of benzene rings is 3. The summed E-state index contributed by atoms with van der Waals surface area (Å²) in [6.07, 6.45) is 0. The second-order valence-electron chi connectivity index (χ2n) is 7.55. The number of ether oxygens (including phenoxy) is 1. The summed E-state index contributed by atoms with van der Waals surface area (Å²) in [7, 11) is 1.36. The van der Waals surface area contributed by atoms with Gasteiger partial charge in [0.05, 0.1) is 7.11 Å². The van der Waals surface area contributed by atoms with Crippen molar-refractivity contribution in [2.24, 2.45) is 0 Å².